The van der Waals surface area contributed by atoms with Crippen LogP contribution in [0.5, 0.6) is 0 Å². The molecule has 0 amide bonds. The van der Waals surface area contributed by atoms with Gasteiger partial charge in [0, 0.05) is 12.0 Å². The number of fused-ring (bicyclic) bond motifs is 1. The summed E-state index contributed by atoms with van der Waals surface area (Å²) in [6.45, 7) is 3.56. The number of Topliss-reactive ketones (excluding diaryl/α,β-unsaturated/α-hetero) is 1. The summed E-state index contributed by atoms with van der Waals surface area (Å²) in [7, 11) is 0. The van der Waals surface area contributed by atoms with Gasteiger partial charge in [-0.15, -0.1) is 6.58 Å². The number of benzene rings is 1. The molecular formula is C14H13NO2. The molecule has 3 heteroatoms. The van der Waals surface area contributed by atoms with E-state index in [4.69, 9.17) is 5.26 Å². The largest absolute Gasteiger partial charge is 0.381 e. The van der Waals surface area contributed by atoms with Gasteiger partial charge in [-0.3, -0.25) is 4.79 Å². The van der Waals surface area contributed by atoms with Gasteiger partial charge in [0.1, 0.15) is 5.60 Å². The molecule has 0 aliphatic heterocycles. The first-order valence-corrected chi connectivity index (χ1v) is 5.52. The first-order chi connectivity index (χ1) is 8.10. The number of ketones is 1. The lowest BCUT2D eigenvalue weighted by molar-refractivity contribution is 0.0260. The monoisotopic (exact) mass is 227 g/mol. The molecule has 0 aromatic heterocycles. The Balaban J connectivity index is 2.44. The van der Waals surface area contributed by atoms with Crippen molar-refractivity contribution >= 4 is 5.78 Å². The Morgan fingerprint density at radius 1 is 1.59 bits per heavy atom. The second-order valence-corrected chi connectivity index (χ2v) is 4.34. The average Bonchev–Trinajstić information content (AvgIpc) is 2.34. The van der Waals surface area contributed by atoms with Crippen LogP contribution in [0.3, 0.4) is 0 Å². The van der Waals surface area contributed by atoms with E-state index in [1.54, 1.807) is 24.3 Å². The van der Waals surface area contributed by atoms with Crippen LogP contribution in [0.1, 0.15) is 34.3 Å². The molecule has 1 aromatic carbocycles. The summed E-state index contributed by atoms with van der Waals surface area (Å²) in [5.74, 6) is -0.261. The fourth-order valence-corrected chi connectivity index (χ4v) is 2.23. The van der Waals surface area contributed by atoms with Gasteiger partial charge in [-0.25, -0.2) is 0 Å². The molecule has 1 atom stereocenters. The number of nitriles is 1. The quantitative estimate of drug-likeness (QED) is 0.786. The van der Waals surface area contributed by atoms with Crippen molar-refractivity contribution in [3.63, 3.8) is 0 Å². The smallest absolute Gasteiger partial charge is 0.194 e. The number of carbonyl (C=O) groups is 1. The van der Waals surface area contributed by atoms with Gasteiger partial charge in [0.05, 0.1) is 11.6 Å². The van der Waals surface area contributed by atoms with E-state index in [1.165, 1.54) is 0 Å². The summed E-state index contributed by atoms with van der Waals surface area (Å²) in [4.78, 5) is 12.1. The highest BCUT2D eigenvalue weighted by molar-refractivity contribution is 6.04. The summed E-state index contributed by atoms with van der Waals surface area (Å²) in [6.07, 6.45) is 2.83. The van der Waals surface area contributed by atoms with Crippen LogP contribution in [-0.2, 0) is 6.42 Å². The van der Waals surface area contributed by atoms with Crippen LogP contribution in [0.4, 0.5) is 0 Å². The predicted octanol–water partition coefficient (Wildman–Crippen LogP) is 1.99. The Bertz CT molecular complexity index is 528. The lowest BCUT2D eigenvalue weighted by Crippen LogP contribution is -2.42. The fraction of sp³-hybridized carbons (Fsp3) is 0.286. The van der Waals surface area contributed by atoms with E-state index >= 15 is 0 Å². The van der Waals surface area contributed by atoms with Crippen LogP contribution in [0.25, 0.3) is 0 Å². The Kier molecular flexibility index (Phi) is 2.83. The van der Waals surface area contributed by atoms with E-state index in [0.717, 1.165) is 5.56 Å². The van der Waals surface area contributed by atoms with E-state index < -0.39 is 5.60 Å². The summed E-state index contributed by atoms with van der Waals surface area (Å²) in [5.41, 5.74) is 0.608. The van der Waals surface area contributed by atoms with E-state index in [9.17, 15) is 9.90 Å². The molecule has 0 heterocycles. The molecular weight excluding hydrogens is 214 g/mol. The highest BCUT2D eigenvalue weighted by Gasteiger charge is 2.39. The van der Waals surface area contributed by atoms with Crippen molar-refractivity contribution in [2.75, 3.05) is 0 Å². The zero-order valence-electron chi connectivity index (χ0n) is 9.44. The van der Waals surface area contributed by atoms with Crippen molar-refractivity contribution in [2.24, 2.45) is 0 Å². The number of aliphatic hydroxyl groups is 1. The number of carbonyl (C=O) groups excluding carboxylic acids is 1. The molecule has 86 valence electrons. The standard InChI is InChI=1S/C14H13NO2/c1-2-6-14(17)7-5-11-8-10(9-15)3-4-12(11)13(14)16/h2-4,8,17H,1,5-7H2. The van der Waals surface area contributed by atoms with Crippen molar-refractivity contribution in [3.05, 3.63) is 47.5 Å². The van der Waals surface area contributed by atoms with Crippen LogP contribution < -0.4 is 0 Å². The van der Waals surface area contributed by atoms with Crippen LogP contribution in [0.2, 0.25) is 0 Å². The van der Waals surface area contributed by atoms with Crippen LogP contribution >= 0.6 is 0 Å². The van der Waals surface area contributed by atoms with Crippen LogP contribution in [0, 0.1) is 11.3 Å². The van der Waals surface area contributed by atoms with Gasteiger partial charge < -0.3 is 5.11 Å². The third-order valence-electron chi connectivity index (χ3n) is 3.19. The van der Waals surface area contributed by atoms with Gasteiger partial charge in [-0.1, -0.05) is 6.08 Å². The molecule has 3 nitrogen and oxygen atoms in total. The summed E-state index contributed by atoms with van der Waals surface area (Å²) >= 11 is 0. The lowest BCUT2D eigenvalue weighted by Gasteiger charge is -2.31. The molecule has 0 bridgehead atoms. The van der Waals surface area contributed by atoms with Crippen molar-refractivity contribution < 1.29 is 9.90 Å². The molecule has 0 saturated carbocycles. The maximum atomic E-state index is 12.1. The second kappa shape index (κ2) is 4.15. The first kappa shape index (κ1) is 11.6. The number of rotatable bonds is 2. The van der Waals surface area contributed by atoms with E-state index in [0.29, 0.717) is 24.0 Å². The molecule has 1 aliphatic rings. The van der Waals surface area contributed by atoms with Crippen LogP contribution in [-0.4, -0.2) is 16.5 Å². The molecule has 1 N–H and O–H groups in total. The summed E-state index contributed by atoms with van der Waals surface area (Å²) in [6, 6.07) is 7.01. The number of hydrogen-bond donors (Lipinski definition) is 1. The molecule has 0 spiro atoms. The maximum absolute atomic E-state index is 12.1. The third-order valence-corrected chi connectivity index (χ3v) is 3.19. The molecule has 2 rings (SSSR count). The Morgan fingerprint density at radius 2 is 2.35 bits per heavy atom. The average molecular weight is 227 g/mol. The normalized spacial score (nSPS) is 22.7. The van der Waals surface area contributed by atoms with Crippen molar-refractivity contribution in [1.82, 2.24) is 0 Å². The summed E-state index contributed by atoms with van der Waals surface area (Å²) < 4.78 is 0. The molecule has 0 saturated heterocycles. The molecule has 1 unspecified atom stereocenters. The SMILES string of the molecule is C=CCC1(O)CCc2cc(C#N)ccc2C1=O. The molecule has 17 heavy (non-hydrogen) atoms. The predicted molar refractivity (Wildman–Crippen MR) is 63.6 cm³/mol. The molecule has 0 radical (unpaired) electrons. The van der Waals surface area contributed by atoms with E-state index in [1.807, 2.05) is 6.07 Å². The van der Waals surface area contributed by atoms with E-state index in [-0.39, 0.29) is 12.2 Å². The minimum Gasteiger partial charge on any atom is -0.381 e. The Morgan fingerprint density at radius 3 is 3.00 bits per heavy atom. The zero-order valence-corrected chi connectivity index (χ0v) is 9.44. The highest BCUT2D eigenvalue weighted by Crippen LogP contribution is 2.31. The number of aryl methyl sites for hydroxylation is 1. The van der Waals surface area contributed by atoms with Crippen molar-refractivity contribution in [1.29, 1.82) is 5.26 Å². The Hall–Kier alpha value is -1.92. The molecule has 1 aromatic rings. The van der Waals surface area contributed by atoms with Gasteiger partial charge >= 0.3 is 0 Å². The van der Waals surface area contributed by atoms with E-state index in [2.05, 4.69) is 6.58 Å². The minimum absolute atomic E-state index is 0.261. The number of hydrogen-bond acceptors (Lipinski definition) is 3. The minimum atomic E-state index is -1.32. The third kappa shape index (κ3) is 1.88. The van der Waals surface area contributed by atoms with Gasteiger partial charge in [0.25, 0.3) is 0 Å². The lowest BCUT2D eigenvalue weighted by atomic mass is 9.77. The Labute approximate surface area is 100 Å². The number of nitrogens with zero attached hydrogens (tertiary/aromatic N) is 1. The second-order valence-electron chi connectivity index (χ2n) is 4.34. The zero-order chi connectivity index (χ0) is 12.5. The topological polar surface area (TPSA) is 61.1 Å². The maximum Gasteiger partial charge on any atom is 0.194 e. The van der Waals surface area contributed by atoms with Crippen molar-refractivity contribution in [3.8, 4) is 6.07 Å². The van der Waals surface area contributed by atoms with Crippen molar-refractivity contribution in [2.45, 2.75) is 24.9 Å². The molecule has 1 aliphatic carbocycles. The van der Waals surface area contributed by atoms with Gasteiger partial charge in [-0.05, 0) is 36.6 Å². The fourth-order valence-electron chi connectivity index (χ4n) is 2.23. The van der Waals surface area contributed by atoms with Gasteiger partial charge in [0.2, 0.25) is 0 Å². The van der Waals surface area contributed by atoms with Crippen LogP contribution in [0.15, 0.2) is 30.9 Å². The first-order valence-electron chi connectivity index (χ1n) is 5.52. The summed E-state index contributed by atoms with van der Waals surface area (Å²) in [5, 5.41) is 19.0. The highest BCUT2D eigenvalue weighted by atomic mass is 16.3. The van der Waals surface area contributed by atoms with Gasteiger partial charge in [-0.2, -0.15) is 5.26 Å². The molecule has 0 fully saturated rings. The van der Waals surface area contributed by atoms with Gasteiger partial charge in [0.15, 0.2) is 5.78 Å².